The van der Waals surface area contributed by atoms with Gasteiger partial charge in [-0.1, -0.05) is 30.3 Å². The van der Waals surface area contributed by atoms with Crippen molar-refractivity contribution in [2.75, 3.05) is 13.1 Å². The highest BCUT2D eigenvalue weighted by atomic mass is 16.1. The van der Waals surface area contributed by atoms with Gasteiger partial charge in [-0.25, -0.2) is 4.98 Å². The van der Waals surface area contributed by atoms with Crippen molar-refractivity contribution in [3.05, 3.63) is 71.4 Å². The van der Waals surface area contributed by atoms with Gasteiger partial charge >= 0.3 is 0 Å². The summed E-state index contributed by atoms with van der Waals surface area (Å²) in [4.78, 5) is 19.8. The molecule has 0 spiro atoms. The maximum Gasteiger partial charge on any atom is 0.251 e. The molecule has 4 aromatic rings. The number of aryl methyl sites for hydroxylation is 2. The normalized spacial score (nSPS) is 21.8. The Hall–Kier alpha value is -3.51. The highest BCUT2D eigenvalue weighted by Crippen LogP contribution is 2.36. The number of carbonyl (C=O) groups excluding carboxylic acids is 1. The third-order valence-electron chi connectivity index (χ3n) is 9.03. The molecule has 38 heavy (non-hydrogen) atoms. The number of hydrogen-bond donors (Lipinski definition) is 2. The number of pyridine rings is 1. The molecule has 1 aliphatic heterocycles. The zero-order valence-corrected chi connectivity index (χ0v) is 22.1. The van der Waals surface area contributed by atoms with Gasteiger partial charge in [0.25, 0.3) is 5.91 Å². The average molecular weight is 506 g/mol. The van der Waals surface area contributed by atoms with Crippen LogP contribution in [0, 0.1) is 0 Å². The Kier molecular flexibility index (Phi) is 5.81. The Balaban J connectivity index is 1.15. The number of fused-ring (bicyclic) bond motifs is 2. The second kappa shape index (κ2) is 9.35. The van der Waals surface area contributed by atoms with E-state index in [9.17, 15) is 4.79 Å². The standard InChI is InChI=1S/C32H35N5O/c1-32(37-16-2-3-17-37)14-12-21-4-9-24(18-25(21)13-15-32)26-19-28-29(35-36-30(28)33-20-26)22-5-7-23(8-6-22)31(38)34-27-10-11-27/h4-9,18-20,27H,2-3,10-17H2,1H3,(H,34,38)(H,33,35,36). The van der Waals surface area contributed by atoms with E-state index in [-0.39, 0.29) is 5.91 Å². The third kappa shape index (κ3) is 4.41. The van der Waals surface area contributed by atoms with Crippen LogP contribution in [-0.2, 0) is 12.8 Å². The van der Waals surface area contributed by atoms with E-state index in [4.69, 9.17) is 0 Å². The first-order valence-corrected chi connectivity index (χ1v) is 14.2. The molecule has 0 radical (unpaired) electrons. The molecule has 2 N–H and O–H groups in total. The number of aromatic amines is 1. The third-order valence-corrected chi connectivity index (χ3v) is 9.03. The number of nitrogens with one attached hydrogen (secondary N) is 2. The quantitative estimate of drug-likeness (QED) is 0.330. The van der Waals surface area contributed by atoms with Crippen LogP contribution in [0.15, 0.2) is 54.7 Å². The summed E-state index contributed by atoms with van der Waals surface area (Å²) in [5.41, 5.74) is 8.94. The van der Waals surface area contributed by atoms with Gasteiger partial charge in [0.2, 0.25) is 0 Å². The van der Waals surface area contributed by atoms with E-state index in [0.29, 0.717) is 22.8 Å². The summed E-state index contributed by atoms with van der Waals surface area (Å²) in [6.07, 6.45) is 11.5. The predicted molar refractivity (Wildman–Crippen MR) is 151 cm³/mol. The van der Waals surface area contributed by atoms with Crippen molar-refractivity contribution in [3.8, 4) is 22.4 Å². The lowest BCUT2D eigenvalue weighted by Crippen LogP contribution is -2.44. The molecule has 194 valence electrons. The van der Waals surface area contributed by atoms with Gasteiger partial charge in [-0.05, 0) is 106 Å². The van der Waals surface area contributed by atoms with Gasteiger partial charge in [0.15, 0.2) is 5.65 Å². The molecule has 2 aromatic carbocycles. The minimum absolute atomic E-state index is 0.00132. The molecule has 1 saturated carbocycles. The van der Waals surface area contributed by atoms with E-state index in [1.807, 2.05) is 30.5 Å². The largest absolute Gasteiger partial charge is 0.349 e. The molecule has 1 saturated heterocycles. The molecular formula is C32H35N5O. The first-order valence-electron chi connectivity index (χ1n) is 14.2. The van der Waals surface area contributed by atoms with Gasteiger partial charge in [-0.15, -0.1) is 0 Å². The summed E-state index contributed by atoms with van der Waals surface area (Å²) >= 11 is 0. The molecular weight excluding hydrogens is 470 g/mol. The van der Waals surface area contributed by atoms with Crippen molar-refractivity contribution < 1.29 is 4.79 Å². The number of rotatable bonds is 5. The Morgan fingerprint density at radius 2 is 1.68 bits per heavy atom. The first-order chi connectivity index (χ1) is 18.6. The van der Waals surface area contributed by atoms with Crippen molar-refractivity contribution in [2.24, 2.45) is 0 Å². The second-order valence-corrected chi connectivity index (χ2v) is 11.7. The van der Waals surface area contributed by atoms with Gasteiger partial charge in [0.05, 0.1) is 5.69 Å². The molecule has 6 nitrogen and oxygen atoms in total. The first kappa shape index (κ1) is 23.6. The number of carbonyl (C=O) groups is 1. The fourth-order valence-corrected chi connectivity index (χ4v) is 6.35. The zero-order valence-electron chi connectivity index (χ0n) is 22.1. The lowest BCUT2D eigenvalue weighted by atomic mass is 9.90. The molecule has 2 fully saturated rings. The second-order valence-electron chi connectivity index (χ2n) is 11.7. The molecule has 0 bridgehead atoms. The fraction of sp³-hybridized carbons (Fsp3) is 0.406. The van der Waals surface area contributed by atoms with Gasteiger partial charge < -0.3 is 5.32 Å². The summed E-state index contributed by atoms with van der Waals surface area (Å²) < 4.78 is 0. The predicted octanol–water partition coefficient (Wildman–Crippen LogP) is 5.92. The summed E-state index contributed by atoms with van der Waals surface area (Å²) in [5, 5.41) is 11.7. The molecule has 1 amide bonds. The monoisotopic (exact) mass is 505 g/mol. The zero-order chi connectivity index (χ0) is 25.7. The van der Waals surface area contributed by atoms with Crippen LogP contribution in [0.25, 0.3) is 33.4 Å². The Bertz CT molecular complexity index is 1500. The number of benzene rings is 2. The van der Waals surface area contributed by atoms with E-state index >= 15 is 0 Å². The highest BCUT2D eigenvalue weighted by molar-refractivity contribution is 5.97. The average Bonchev–Trinajstić information content (AvgIpc) is 3.44. The molecule has 1 unspecified atom stereocenters. The van der Waals surface area contributed by atoms with E-state index in [2.05, 4.69) is 56.6 Å². The van der Waals surface area contributed by atoms with Crippen molar-refractivity contribution in [1.29, 1.82) is 0 Å². The van der Waals surface area contributed by atoms with Crippen LogP contribution in [-0.4, -0.2) is 50.7 Å². The van der Waals surface area contributed by atoms with Gasteiger partial charge in [0.1, 0.15) is 0 Å². The van der Waals surface area contributed by atoms with Crippen molar-refractivity contribution >= 4 is 16.9 Å². The molecule has 6 heteroatoms. The smallest absolute Gasteiger partial charge is 0.251 e. The molecule has 7 rings (SSSR count). The number of nitrogens with zero attached hydrogens (tertiary/aromatic N) is 3. The topological polar surface area (TPSA) is 73.9 Å². The van der Waals surface area contributed by atoms with Crippen molar-refractivity contribution in [3.63, 3.8) is 0 Å². The van der Waals surface area contributed by atoms with Crippen LogP contribution in [0.5, 0.6) is 0 Å². The Morgan fingerprint density at radius 1 is 0.947 bits per heavy atom. The van der Waals surface area contributed by atoms with Crippen LogP contribution >= 0.6 is 0 Å². The highest BCUT2D eigenvalue weighted by Gasteiger charge is 2.35. The molecule has 2 aliphatic carbocycles. The number of amides is 1. The molecule has 3 heterocycles. The molecule has 3 aliphatic rings. The van der Waals surface area contributed by atoms with E-state index in [1.54, 1.807) is 0 Å². The van der Waals surface area contributed by atoms with Gasteiger partial charge in [-0.3, -0.25) is 14.8 Å². The maximum absolute atomic E-state index is 12.4. The van der Waals surface area contributed by atoms with E-state index < -0.39 is 0 Å². The van der Waals surface area contributed by atoms with E-state index in [1.165, 1.54) is 55.5 Å². The lowest BCUT2D eigenvalue weighted by molar-refractivity contribution is 0.0951. The Morgan fingerprint density at radius 3 is 2.45 bits per heavy atom. The number of aromatic nitrogens is 3. The summed E-state index contributed by atoms with van der Waals surface area (Å²) in [6.45, 7) is 5.00. The SMILES string of the molecule is CC1(N2CCCC2)CCc2ccc(-c3cnc4n[nH]c(-c5ccc(C(=O)NC6CC6)cc5)c4c3)cc2CC1. The van der Waals surface area contributed by atoms with Crippen LogP contribution in [0.2, 0.25) is 0 Å². The summed E-state index contributed by atoms with van der Waals surface area (Å²) in [5.74, 6) is 0.00132. The number of likely N-dealkylation sites (tertiary alicyclic amines) is 1. The lowest BCUT2D eigenvalue weighted by Gasteiger charge is -2.38. The van der Waals surface area contributed by atoms with Gasteiger partial charge in [-0.2, -0.15) is 5.10 Å². The van der Waals surface area contributed by atoms with Crippen LogP contribution in [0.4, 0.5) is 0 Å². The minimum atomic E-state index is 0.00132. The van der Waals surface area contributed by atoms with Crippen molar-refractivity contribution in [1.82, 2.24) is 25.4 Å². The van der Waals surface area contributed by atoms with Crippen LogP contribution in [0.1, 0.15) is 66.9 Å². The summed E-state index contributed by atoms with van der Waals surface area (Å²) in [7, 11) is 0. The van der Waals surface area contributed by atoms with Crippen molar-refractivity contribution in [2.45, 2.75) is 69.9 Å². The Labute approximate surface area is 223 Å². The fourth-order valence-electron chi connectivity index (χ4n) is 6.35. The number of H-pyrrole nitrogens is 1. The maximum atomic E-state index is 12.4. The van der Waals surface area contributed by atoms with Crippen LogP contribution in [0.3, 0.4) is 0 Å². The van der Waals surface area contributed by atoms with Gasteiger partial charge in [0, 0.05) is 39.9 Å². The van der Waals surface area contributed by atoms with E-state index in [0.717, 1.165) is 47.9 Å². The minimum Gasteiger partial charge on any atom is -0.349 e. The summed E-state index contributed by atoms with van der Waals surface area (Å²) in [6, 6.07) is 17.3. The van der Waals surface area contributed by atoms with Crippen LogP contribution < -0.4 is 5.32 Å². The molecule has 2 aromatic heterocycles. The number of hydrogen-bond acceptors (Lipinski definition) is 4. The molecule has 1 atom stereocenters.